The maximum absolute atomic E-state index is 6.48. The molecule has 0 saturated carbocycles. The van der Waals surface area contributed by atoms with Crippen molar-refractivity contribution in [1.82, 2.24) is 0 Å². The zero-order valence-corrected chi connectivity index (χ0v) is 32.7. The van der Waals surface area contributed by atoms with E-state index in [1.54, 1.807) is 15.3 Å². The van der Waals surface area contributed by atoms with Gasteiger partial charge in [-0.25, -0.2) is 0 Å². The van der Waals surface area contributed by atoms with Gasteiger partial charge in [0.25, 0.3) is 0 Å². The fourth-order valence-corrected chi connectivity index (χ4v) is 11.9. The number of halogens is 1. The van der Waals surface area contributed by atoms with Crippen LogP contribution in [0.1, 0.15) is 86.3 Å². The van der Waals surface area contributed by atoms with Crippen LogP contribution < -0.4 is 15.8 Å². The Morgan fingerprint density at radius 1 is 0.674 bits per heavy atom. The van der Waals surface area contributed by atoms with Crippen LogP contribution >= 0.6 is 31.6 Å². The molecule has 3 heterocycles. The first-order valence-electron chi connectivity index (χ1n) is 16.6. The first kappa shape index (κ1) is 34.4. The third-order valence-corrected chi connectivity index (χ3v) is 16.8. The van der Waals surface area contributed by atoms with Crippen molar-refractivity contribution in [3.63, 3.8) is 0 Å². The molecule has 246 valence electrons. The Labute approximate surface area is 289 Å². The third-order valence-electron chi connectivity index (χ3n) is 10.5. The molecule has 3 aromatic rings. The van der Waals surface area contributed by atoms with Crippen LogP contribution in [0.15, 0.2) is 58.3 Å². The van der Waals surface area contributed by atoms with Crippen molar-refractivity contribution in [1.29, 1.82) is 0 Å². The van der Waals surface area contributed by atoms with Gasteiger partial charge in [0.05, 0.1) is 0 Å². The molecular formula is C37H50B2INO4S. The van der Waals surface area contributed by atoms with Crippen molar-refractivity contribution in [2.45, 2.75) is 121 Å². The van der Waals surface area contributed by atoms with Gasteiger partial charge in [0.1, 0.15) is 0 Å². The molecule has 6 rings (SSSR count). The summed E-state index contributed by atoms with van der Waals surface area (Å²) < 4.78 is 28.9. The van der Waals surface area contributed by atoms with Gasteiger partial charge >= 0.3 is 236 Å². The Morgan fingerprint density at radius 2 is 1.09 bits per heavy atom. The molecule has 3 aliphatic rings. The molecule has 0 bridgehead atoms. The van der Waals surface area contributed by atoms with Crippen LogP contribution in [0.4, 0.5) is 17.1 Å². The van der Waals surface area contributed by atoms with E-state index in [2.05, 4.69) is 135 Å². The molecule has 0 N–H and O–H groups in total. The van der Waals surface area contributed by atoms with Crippen LogP contribution in [0.3, 0.4) is 0 Å². The van der Waals surface area contributed by atoms with E-state index in [0.717, 1.165) is 10.9 Å². The van der Waals surface area contributed by atoms with Gasteiger partial charge in [0.15, 0.2) is 0 Å². The molecule has 0 amide bonds. The molecule has 0 atom stereocenters. The van der Waals surface area contributed by atoms with E-state index in [4.69, 9.17) is 18.6 Å². The van der Waals surface area contributed by atoms with E-state index < -0.39 is 56.5 Å². The number of aryl methyl sites for hydroxylation is 2. The summed E-state index contributed by atoms with van der Waals surface area (Å²) in [6.45, 7) is 23.7. The Morgan fingerprint density at radius 3 is 1.48 bits per heavy atom. The predicted octanol–water partition coefficient (Wildman–Crippen LogP) is 8.94. The maximum atomic E-state index is 6.48. The first-order valence-corrected chi connectivity index (χ1v) is 22.2. The Hall–Kier alpha value is -1.49. The third kappa shape index (κ3) is 6.00. The number of anilines is 3. The zero-order valence-electron chi connectivity index (χ0n) is 29.8. The van der Waals surface area contributed by atoms with Gasteiger partial charge < -0.3 is 0 Å². The molecule has 2 saturated heterocycles. The normalized spacial score (nSPS) is 21.0. The van der Waals surface area contributed by atoms with Gasteiger partial charge in [-0.1, -0.05) is 0 Å². The van der Waals surface area contributed by atoms with Crippen molar-refractivity contribution < 1.29 is 18.6 Å². The second-order valence-corrected chi connectivity index (χ2v) is 21.9. The van der Waals surface area contributed by atoms with Crippen LogP contribution in [0.5, 0.6) is 0 Å². The Kier molecular flexibility index (Phi) is 9.06. The van der Waals surface area contributed by atoms with Crippen LogP contribution in [0.25, 0.3) is 0 Å². The van der Waals surface area contributed by atoms with Gasteiger partial charge in [-0.05, 0) is 55.4 Å². The SMILES string of the molecule is CCCCI(C)c1cc(C)c(N2c3ccc(B4OC(C)(C)C(C)(C)O4)cc3Sc3cc(B4OC(C)(C)C(C)(C)O4)ccc32)c(C)c1. The number of hydrogen-bond acceptors (Lipinski definition) is 6. The zero-order chi connectivity index (χ0) is 33.4. The summed E-state index contributed by atoms with van der Waals surface area (Å²) in [5.74, 6) is 0. The summed E-state index contributed by atoms with van der Waals surface area (Å²) in [7, 11) is -0.834. The number of alkyl halides is 2. The fourth-order valence-electron chi connectivity index (χ4n) is 6.22. The molecule has 0 spiro atoms. The summed E-state index contributed by atoms with van der Waals surface area (Å²) in [5, 5.41) is 0. The molecule has 0 unspecified atom stereocenters. The molecular weight excluding hydrogens is 703 g/mol. The summed E-state index contributed by atoms with van der Waals surface area (Å²) in [4.78, 5) is 7.35. The number of hydrogen-bond donors (Lipinski definition) is 0. The Bertz CT molecular complexity index is 1520. The molecule has 2 fully saturated rings. The summed E-state index contributed by atoms with van der Waals surface area (Å²) in [6.07, 6.45) is 2.58. The van der Waals surface area contributed by atoms with E-state index in [9.17, 15) is 0 Å². The van der Waals surface area contributed by atoms with E-state index >= 15 is 0 Å². The molecule has 3 aromatic carbocycles. The van der Waals surface area contributed by atoms with Crippen molar-refractivity contribution >= 4 is 73.8 Å². The minimum atomic E-state index is -1.19. The standard InChI is InChI=1S/C37H50B2INO4S/c1-13-14-19-40(12)28-20-24(2)33(25(3)21-28)41-29-17-15-26(38-42-34(4,5)35(6,7)43-38)22-31(29)46-32-23-27(16-18-30(32)41)39-44-36(8,9)37(10,11)45-39/h15-18,20-23H,13-14,19H2,1-12H3. The average molecular weight is 753 g/mol. The van der Waals surface area contributed by atoms with Gasteiger partial charge in [-0.3, -0.25) is 0 Å². The molecule has 5 nitrogen and oxygen atoms in total. The molecule has 46 heavy (non-hydrogen) atoms. The van der Waals surface area contributed by atoms with Crippen molar-refractivity contribution in [2.75, 3.05) is 14.3 Å². The Balaban J connectivity index is 1.45. The molecule has 3 aliphatic heterocycles. The fraction of sp³-hybridized carbons (Fsp3) is 0.514. The quantitative estimate of drug-likeness (QED) is 0.107. The topological polar surface area (TPSA) is 40.2 Å². The van der Waals surface area contributed by atoms with Crippen LogP contribution in [0.2, 0.25) is 0 Å². The van der Waals surface area contributed by atoms with Gasteiger partial charge in [-0.15, -0.1) is 0 Å². The summed E-state index contributed by atoms with van der Waals surface area (Å²) in [6, 6.07) is 18.3. The number of unbranched alkanes of at least 4 members (excludes halogenated alkanes) is 1. The molecule has 0 radical (unpaired) electrons. The summed E-state index contributed by atoms with van der Waals surface area (Å²) >= 11 is 0.609. The monoisotopic (exact) mass is 753 g/mol. The van der Waals surface area contributed by atoms with E-state index in [1.165, 1.54) is 55.2 Å². The second kappa shape index (κ2) is 12.1. The second-order valence-electron chi connectivity index (χ2n) is 15.1. The van der Waals surface area contributed by atoms with Crippen molar-refractivity contribution in [3.8, 4) is 0 Å². The first-order chi connectivity index (χ1) is 21.4. The van der Waals surface area contributed by atoms with Crippen LogP contribution in [-0.2, 0) is 18.6 Å². The number of benzene rings is 3. The van der Waals surface area contributed by atoms with Gasteiger partial charge in [0.2, 0.25) is 0 Å². The van der Waals surface area contributed by atoms with E-state index in [-0.39, 0.29) is 0 Å². The van der Waals surface area contributed by atoms with Crippen molar-refractivity contribution in [2.24, 2.45) is 0 Å². The molecule has 0 aliphatic carbocycles. The number of rotatable bonds is 7. The molecule has 0 aromatic heterocycles. The minimum absolute atomic E-state index is 0.398. The van der Waals surface area contributed by atoms with E-state index in [0.29, 0.717) is 0 Å². The van der Waals surface area contributed by atoms with Crippen LogP contribution in [0, 0.1) is 17.4 Å². The van der Waals surface area contributed by atoms with Crippen LogP contribution in [-0.4, -0.2) is 46.0 Å². The summed E-state index contributed by atoms with van der Waals surface area (Å²) in [5.41, 5.74) is 6.75. The van der Waals surface area contributed by atoms with E-state index in [1.807, 2.05) is 0 Å². The predicted molar refractivity (Wildman–Crippen MR) is 205 cm³/mol. The van der Waals surface area contributed by atoms with Gasteiger partial charge in [0, 0.05) is 0 Å². The molecule has 9 heteroatoms. The number of fused-ring (bicyclic) bond motifs is 2. The van der Waals surface area contributed by atoms with Crippen molar-refractivity contribution in [3.05, 3.63) is 63.2 Å². The average Bonchev–Trinajstić information content (AvgIpc) is 3.33. The van der Waals surface area contributed by atoms with Gasteiger partial charge in [-0.2, -0.15) is 0 Å². The number of nitrogens with zero attached hydrogens (tertiary/aromatic N) is 1.